The van der Waals surface area contributed by atoms with E-state index in [1.807, 2.05) is 30.1 Å². The zero-order chi connectivity index (χ0) is 19.6. The van der Waals surface area contributed by atoms with Crippen molar-refractivity contribution >= 4 is 23.2 Å². The summed E-state index contributed by atoms with van der Waals surface area (Å²) in [6, 6.07) is 13.8. The summed E-state index contributed by atoms with van der Waals surface area (Å²) < 4.78 is 0. The number of carbonyl (C=O) groups excluding carboxylic acids is 2. The van der Waals surface area contributed by atoms with Crippen LogP contribution < -0.4 is 15.5 Å². The first-order chi connectivity index (χ1) is 12.8. The van der Waals surface area contributed by atoms with Crippen LogP contribution in [0.4, 0.5) is 11.4 Å². The molecule has 0 spiro atoms. The van der Waals surface area contributed by atoms with Crippen LogP contribution in [0.15, 0.2) is 42.5 Å². The molecule has 2 N–H and O–H groups in total. The molecule has 0 unspecified atom stereocenters. The lowest BCUT2D eigenvalue weighted by atomic mass is 9.84. The molecular formula is C22H27N3O2. The fraction of sp³-hybridized carbons (Fsp3) is 0.364. The Hall–Kier alpha value is -2.82. The number of hydrogen-bond donors (Lipinski definition) is 2. The van der Waals surface area contributed by atoms with Crippen LogP contribution in [0.1, 0.15) is 41.8 Å². The van der Waals surface area contributed by atoms with Crippen molar-refractivity contribution in [3.8, 4) is 0 Å². The molecule has 2 amide bonds. The van der Waals surface area contributed by atoms with Gasteiger partial charge in [-0.25, -0.2) is 0 Å². The van der Waals surface area contributed by atoms with Crippen LogP contribution in [0, 0.1) is 6.92 Å². The molecule has 0 aliphatic carbocycles. The Morgan fingerprint density at radius 3 is 2.74 bits per heavy atom. The fourth-order valence-electron chi connectivity index (χ4n) is 3.28. The number of fused-ring (bicyclic) bond motifs is 1. The number of anilines is 2. The molecule has 1 aliphatic heterocycles. The van der Waals surface area contributed by atoms with Crippen molar-refractivity contribution in [1.29, 1.82) is 0 Å². The Labute approximate surface area is 160 Å². The Morgan fingerprint density at radius 1 is 1.22 bits per heavy atom. The standard InChI is InChI=1S/C22H27N3O2/c1-15-6-5-7-17(12-15)22(2,3)14-23-21(27)16-8-9-19-18(13-16)24-20(26)10-11-25(19)4/h5-9,12-13H,10-11,14H2,1-4H3,(H,23,27)(H,24,26). The van der Waals surface area contributed by atoms with Gasteiger partial charge in [0.1, 0.15) is 0 Å². The Kier molecular flexibility index (Phi) is 5.22. The number of benzene rings is 2. The predicted molar refractivity (Wildman–Crippen MR) is 109 cm³/mol. The first-order valence-electron chi connectivity index (χ1n) is 9.27. The molecule has 0 bridgehead atoms. The number of nitrogens with zero attached hydrogens (tertiary/aromatic N) is 1. The van der Waals surface area contributed by atoms with Gasteiger partial charge in [0.2, 0.25) is 5.91 Å². The maximum atomic E-state index is 12.7. The van der Waals surface area contributed by atoms with Gasteiger partial charge in [0.25, 0.3) is 5.91 Å². The van der Waals surface area contributed by atoms with E-state index >= 15 is 0 Å². The highest BCUT2D eigenvalue weighted by atomic mass is 16.2. The minimum absolute atomic E-state index is 0.0289. The molecule has 0 saturated carbocycles. The van der Waals surface area contributed by atoms with Gasteiger partial charge in [-0.1, -0.05) is 43.7 Å². The number of amides is 2. The molecule has 1 aliphatic rings. The Morgan fingerprint density at radius 2 is 2.00 bits per heavy atom. The van der Waals surface area contributed by atoms with Crippen LogP contribution in [0.25, 0.3) is 0 Å². The van der Waals surface area contributed by atoms with Crippen molar-refractivity contribution in [1.82, 2.24) is 5.32 Å². The van der Waals surface area contributed by atoms with Crippen molar-refractivity contribution in [2.75, 3.05) is 30.4 Å². The van der Waals surface area contributed by atoms with Crippen molar-refractivity contribution in [2.24, 2.45) is 0 Å². The number of hydrogen-bond acceptors (Lipinski definition) is 3. The summed E-state index contributed by atoms with van der Waals surface area (Å²) in [5, 5.41) is 5.93. The average Bonchev–Trinajstić information content (AvgIpc) is 2.77. The Bertz CT molecular complexity index is 874. The second-order valence-corrected chi connectivity index (χ2v) is 7.89. The molecular weight excluding hydrogens is 338 g/mol. The van der Waals surface area contributed by atoms with Crippen LogP contribution >= 0.6 is 0 Å². The molecule has 5 heteroatoms. The number of rotatable bonds is 4. The third-order valence-electron chi connectivity index (χ3n) is 5.11. The minimum atomic E-state index is -0.179. The van der Waals surface area contributed by atoms with Crippen LogP contribution in [-0.2, 0) is 10.2 Å². The van der Waals surface area contributed by atoms with Crippen LogP contribution in [-0.4, -0.2) is 32.0 Å². The van der Waals surface area contributed by atoms with Gasteiger partial charge in [0, 0.05) is 37.5 Å². The molecule has 0 saturated heterocycles. The predicted octanol–water partition coefficient (Wildman–Crippen LogP) is 3.48. The molecule has 0 radical (unpaired) electrons. The largest absolute Gasteiger partial charge is 0.372 e. The fourth-order valence-corrected chi connectivity index (χ4v) is 3.28. The van der Waals surface area contributed by atoms with E-state index in [-0.39, 0.29) is 17.2 Å². The van der Waals surface area contributed by atoms with Gasteiger partial charge in [-0.05, 0) is 30.7 Å². The zero-order valence-electron chi connectivity index (χ0n) is 16.4. The van der Waals surface area contributed by atoms with E-state index in [0.29, 0.717) is 30.8 Å². The maximum absolute atomic E-state index is 12.7. The highest BCUT2D eigenvalue weighted by Gasteiger charge is 2.23. The van der Waals surface area contributed by atoms with Gasteiger partial charge in [0.05, 0.1) is 11.4 Å². The Balaban J connectivity index is 1.74. The van der Waals surface area contributed by atoms with E-state index in [9.17, 15) is 9.59 Å². The second kappa shape index (κ2) is 7.43. The monoisotopic (exact) mass is 365 g/mol. The smallest absolute Gasteiger partial charge is 0.251 e. The van der Waals surface area contributed by atoms with E-state index < -0.39 is 0 Å². The van der Waals surface area contributed by atoms with Crippen LogP contribution in [0.2, 0.25) is 0 Å². The lowest BCUT2D eigenvalue weighted by Gasteiger charge is -2.26. The topological polar surface area (TPSA) is 61.4 Å². The average molecular weight is 365 g/mol. The summed E-state index contributed by atoms with van der Waals surface area (Å²) in [6.45, 7) is 7.50. The van der Waals surface area contributed by atoms with Gasteiger partial charge >= 0.3 is 0 Å². The van der Waals surface area contributed by atoms with Crippen LogP contribution in [0.3, 0.4) is 0 Å². The first kappa shape index (κ1) is 19.0. The first-order valence-corrected chi connectivity index (χ1v) is 9.27. The van der Waals surface area contributed by atoms with E-state index in [4.69, 9.17) is 0 Å². The molecule has 1 heterocycles. The summed E-state index contributed by atoms with van der Waals surface area (Å²) in [5.74, 6) is -0.168. The normalized spacial score (nSPS) is 14.2. The maximum Gasteiger partial charge on any atom is 0.251 e. The molecule has 2 aromatic rings. The summed E-state index contributed by atoms with van der Waals surface area (Å²) in [6.07, 6.45) is 0.442. The van der Waals surface area contributed by atoms with Gasteiger partial charge in [-0.2, -0.15) is 0 Å². The van der Waals surface area contributed by atoms with Crippen molar-refractivity contribution in [2.45, 2.75) is 32.6 Å². The zero-order valence-corrected chi connectivity index (χ0v) is 16.4. The van der Waals surface area contributed by atoms with Gasteiger partial charge < -0.3 is 15.5 Å². The van der Waals surface area contributed by atoms with E-state index in [0.717, 1.165) is 5.69 Å². The third-order valence-corrected chi connectivity index (χ3v) is 5.11. The van der Waals surface area contributed by atoms with Gasteiger partial charge in [0.15, 0.2) is 0 Å². The molecule has 0 atom stereocenters. The van der Waals surface area contributed by atoms with Gasteiger partial charge in [-0.3, -0.25) is 9.59 Å². The summed E-state index contributed by atoms with van der Waals surface area (Å²) in [7, 11) is 1.95. The summed E-state index contributed by atoms with van der Waals surface area (Å²) in [4.78, 5) is 26.6. The highest BCUT2D eigenvalue weighted by Crippen LogP contribution is 2.29. The van der Waals surface area contributed by atoms with E-state index in [2.05, 4.69) is 49.6 Å². The SMILES string of the molecule is Cc1cccc(C(C)(C)CNC(=O)c2ccc3c(c2)NC(=O)CCN3C)c1. The number of nitrogens with one attached hydrogen (secondary N) is 2. The molecule has 142 valence electrons. The van der Waals surface area contributed by atoms with Crippen LogP contribution in [0.5, 0.6) is 0 Å². The lowest BCUT2D eigenvalue weighted by Crippen LogP contribution is -2.36. The molecule has 3 rings (SSSR count). The summed E-state index contributed by atoms with van der Waals surface area (Å²) in [5.41, 5.74) is 4.38. The van der Waals surface area contributed by atoms with Crippen molar-refractivity contribution in [3.63, 3.8) is 0 Å². The lowest BCUT2D eigenvalue weighted by molar-refractivity contribution is -0.115. The quantitative estimate of drug-likeness (QED) is 0.872. The van der Waals surface area contributed by atoms with Gasteiger partial charge in [-0.15, -0.1) is 0 Å². The second-order valence-electron chi connectivity index (χ2n) is 7.89. The van der Waals surface area contributed by atoms with Crippen molar-refractivity contribution in [3.05, 3.63) is 59.2 Å². The number of carbonyl (C=O) groups is 2. The molecule has 27 heavy (non-hydrogen) atoms. The molecule has 2 aromatic carbocycles. The third kappa shape index (κ3) is 4.30. The van der Waals surface area contributed by atoms with Crippen molar-refractivity contribution < 1.29 is 9.59 Å². The van der Waals surface area contributed by atoms with E-state index in [1.54, 1.807) is 6.07 Å². The van der Waals surface area contributed by atoms with E-state index in [1.165, 1.54) is 11.1 Å². The minimum Gasteiger partial charge on any atom is -0.372 e. The molecule has 0 aromatic heterocycles. The molecule has 0 fully saturated rings. The summed E-state index contributed by atoms with van der Waals surface area (Å²) >= 11 is 0. The number of aryl methyl sites for hydroxylation is 1. The molecule has 5 nitrogen and oxygen atoms in total. The highest BCUT2D eigenvalue weighted by molar-refractivity contribution is 6.00.